The molecule has 3 aliphatic rings. The van der Waals surface area contributed by atoms with Crippen LogP contribution < -0.4 is 10.1 Å². The number of ether oxygens (including phenoxy) is 2. The van der Waals surface area contributed by atoms with Crippen molar-refractivity contribution in [3.63, 3.8) is 0 Å². The molecular formula is C23H25N5O3. The predicted octanol–water partition coefficient (Wildman–Crippen LogP) is 2.51. The third kappa shape index (κ3) is 3.36. The molecule has 0 spiro atoms. The first kappa shape index (κ1) is 18.8. The van der Waals surface area contributed by atoms with E-state index in [4.69, 9.17) is 9.47 Å². The second-order valence-corrected chi connectivity index (χ2v) is 8.86. The molecule has 1 saturated carbocycles. The van der Waals surface area contributed by atoms with Crippen LogP contribution in [-0.2, 0) is 9.53 Å². The fraction of sp³-hybridized carbons (Fsp3) is 0.435. The molecule has 2 aliphatic heterocycles. The fourth-order valence-corrected chi connectivity index (χ4v) is 4.58. The number of likely N-dealkylation sites (tertiary alicyclic amines) is 1. The van der Waals surface area contributed by atoms with Crippen molar-refractivity contribution in [2.45, 2.75) is 38.0 Å². The van der Waals surface area contributed by atoms with E-state index >= 15 is 0 Å². The van der Waals surface area contributed by atoms with E-state index in [1.54, 1.807) is 4.52 Å². The van der Waals surface area contributed by atoms with Gasteiger partial charge in [0.2, 0.25) is 5.91 Å². The third-order valence-corrected chi connectivity index (χ3v) is 6.50. The van der Waals surface area contributed by atoms with Crippen molar-refractivity contribution in [2.24, 2.45) is 5.92 Å². The van der Waals surface area contributed by atoms with Crippen LogP contribution in [0.1, 0.15) is 18.5 Å². The minimum Gasteiger partial charge on any atom is -0.484 e. The van der Waals surface area contributed by atoms with Crippen molar-refractivity contribution < 1.29 is 14.3 Å². The van der Waals surface area contributed by atoms with Gasteiger partial charge in [0, 0.05) is 36.0 Å². The first-order valence-corrected chi connectivity index (χ1v) is 10.8. The van der Waals surface area contributed by atoms with Crippen molar-refractivity contribution in [3.05, 3.63) is 42.4 Å². The number of anilines is 1. The molecule has 0 radical (unpaired) electrons. The summed E-state index contributed by atoms with van der Waals surface area (Å²) in [4.78, 5) is 18.8. The van der Waals surface area contributed by atoms with E-state index in [-0.39, 0.29) is 30.1 Å². The van der Waals surface area contributed by atoms with Crippen LogP contribution in [0.3, 0.4) is 0 Å². The largest absolute Gasteiger partial charge is 0.484 e. The molecule has 3 fully saturated rings. The van der Waals surface area contributed by atoms with Crippen LogP contribution in [0.2, 0.25) is 0 Å². The van der Waals surface area contributed by atoms with Crippen LogP contribution in [0.4, 0.5) is 5.82 Å². The summed E-state index contributed by atoms with van der Waals surface area (Å²) >= 11 is 0. The lowest BCUT2D eigenvalue weighted by Crippen LogP contribution is -2.36. The second kappa shape index (κ2) is 7.03. The number of amides is 1. The zero-order valence-electron chi connectivity index (χ0n) is 17.6. The van der Waals surface area contributed by atoms with E-state index in [1.807, 2.05) is 31.5 Å². The number of rotatable bonds is 5. The lowest BCUT2D eigenvalue weighted by atomic mass is 10.1. The van der Waals surface area contributed by atoms with Crippen molar-refractivity contribution in [3.8, 4) is 16.9 Å². The molecule has 1 amide bonds. The van der Waals surface area contributed by atoms with E-state index in [0.717, 1.165) is 47.5 Å². The quantitative estimate of drug-likeness (QED) is 0.685. The van der Waals surface area contributed by atoms with Gasteiger partial charge in [0.25, 0.3) is 0 Å². The van der Waals surface area contributed by atoms with Crippen LogP contribution >= 0.6 is 0 Å². The molecule has 3 atom stereocenters. The van der Waals surface area contributed by atoms with E-state index in [1.165, 1.54) is 0 Å². The van der Waals surface area contributed by atoms with Crippen molar-refractivity contribution in [1.29, 1.82) is 0 Å². The number of likely N-dealkylation sites (N-methyl/N-ethyl adjacent to an activating group) is 1. The van der Waals surface area contributed by atoms with Gasteiger partial charge in [-0.15, -0.1) is 0 Å². The van der Waals surface area contributed by atoms with Crippen molar-refractivity contribution >= 4 is 17.2 Å². The van der Waals surface area contributed by atoms with E-state index in [0.29, 0.717) is 12.4 Å². The van der Waals surface area contributed by atoms with Gasteiger partial charge in [-0.2, -0.15) is 5.10 Å². The summed E-state index contributed by atoms with van der Waals surface area (Å²) in [7, 11) is 2.12. The van der Waals surface area contributed by atoms with Gasteiger partial charge in [0.05, 0.1) is 24.4 Å². The summed E-state index contributed by atoms with van der Waals surface area (Å²) in [5.41, 5.74) is 3.85. The van der Waals surface area contributed by atoms with Gasteiger partial charge in [-0.05, 0) is 50.6 Å². The van der Waals surface area contributed by atoms with Crippen LogP contribution in [0.15, 0.2) is 36.7 Å². The Bertz CT molecular complexity index is 1170. The number of hydrogen-bond donors (Lipinski definition) is 1. The molecule has 31 heavy (non-hydrogen) atoms. The van der Waals surface area contributed by atoms with E-state index in [2.05, 4.69) is 39.5 Å². The second-order valence-electron chi connectivity index (χ2n) is 8.86. The molecule has 1 aliphatic carbocycles. The van der Waals surface area contributed by atoms with Gasteiger partial charge >= 0.3 is 0 Å². The summed E-state index contributed by atoms with van der Waals surface area (Å²) in [6.45, 7) is 3.57. The molecule has 8 heteroatoms. The molecule has 6 rings (SSSR count). The standard InChI is InChI=1S/C23H25N5O3/c1-13-7-17(19(10-24-13)31-22-18-12-30-20(22)11-27(18)2)15-5-6-28-16(8-15)9-21(26-28)25-23(29)14-3-4-14/h5-10,14,18,20,22H,3-4,11-12H2,1-2H3,(H,25,26,29)/t18-,20-,22+/m0/s1. The van der Waals surface area contributed by atoms with Gasteiger partial charge in [-0.1, -0.05) is 0 Å². The van der Waals surface area contributed by atoms with Gasteiger partial charge < -0.3 is 14.8 Å². The maximum absolute atomic E-state index is 12.1. The van der Waals surface area contributed by atoms with Crippen LogP contribution in [0, 0.1) is 12.8 Å². The molecule has 1 N–H and O–H groups in total. The SMILES string of the molecule is Cc1cc(-c2ccn3nc(NC(=O)C4CC4)cc3c2)c(O[C@H]2[C@@H]3CN(C)[C@H]2CO3)cn1. The first-order chi connectivity index (χ1) is 15.0. The normalized spacial score (nSPS) is 25.3. The monoisotopic (exact) mass is 419 g/mol. The summed E-state index contributed by atoms with van der Waals surface area (Å²) < 4.78 is 14.1. The smallest absolute Gasteiger partial charge is 0.228 e. The highest BCUT2D eigenvalue weighted by Crippen LogP contribution is 2.36. The lowest BCUT2D eigenvalue weighted by Gasteiger charge is -2.22. The molecule has 3 aromatic heterocycles. The summed E-state index contributed by atoms with van der Waals surface area (Å²) in [5.74, 6) is 1.55. The topological polar surface area (TPSA) is 81.0 Å². The number of fused-ring (bicyclic) bond motifs is 3. The Morgan fingerprint density at radius 2 is 2.16 bits per heavy atom. The Labute approximate surface area is 180 Å². The third-order valence-electron chi connectivity index (χ3n) is 6.50. The lowest BCUT2D eigenvalue weighted by molar-refractivity contribution is -0.117. The zero-order valence-corrected chi connectivity index (χ0v) is 17.6. The van der Waals surface area contributed by atoms with E-state index < -0.39 is 0 Å². The number of aromatic nitrogens is 3. The predicted molar refractivity (Wildman–Crippen MR) is 115 cm³/mol. The average Bonchev–Trinajstić information content (AvgIpc) is 3.35. The first-order valence-electron chi connectivity index (χ1n) is 10.8. The molecule has 0 aromatic carbocycles. The van der Waals surface area contributed by atoms with Crippen LogP contribution in [0.5, 0.6) is 5.75 Å². The van der Waals surface area contributed by atoms with Gasteiger partial charge in [0.1, 0.15) is 18.0 Å². The van der Waals surface area contributed by atoms with Crippen LogP contribution in [-0.4, -0.2) is 63.9 Å². The molecule has 3 aromatic rings. The highest BCUT2D eigenvalue weighted by Gasteiger charge is 2.48. The number of aryl methyl sites for hydroxylation is 1. The fourth-order valence-electron chi connectivity index (χ4n) is 4.58. The highest BCUT2D eigenvalue weighted by atomic mass is 16.6. The molecular weight excluding hydrogens is 394 g/mol. The summed E-state index contributed by atoms with van der Waals surface area (Å²) in [5, 5.41) is 7.39. The summed E-state index contributed by atoms with van der Waals surface area (Å²) in [6, 6.07) is 8.30. The number of carbonyl (C=O) groups is 1. The van der Waals surface area contributed by atoms with Crippen LogP contribution in [0.25, 0.3) is 16.6 Å². The number of pyridine rings is 2. The minimum atomic E-state index is 0.0104. The summed E-state index contributed by atoms with van der Waals surface area (Å²) in [6.07, 6.45) is 5.77. The molecule has 160 valence electrons. The zero-order chi connectivity index (χ0) is 21.1. The number of carbonyl (C=O) groups excluding carboxylic acids is 1. The Balaban J connectivity index is 1.31. The number of nitrogens with zero attached hydrogens (tertiary/aromatic N) is 4. The Morgan fingerprint density at radius 3 is 2.90 bits per heavy atom. The van der Waals surface area contributed by atoms with E-state index in [9.17, 15) is 4.79 Å². The maximum Gasteiger partial charge on any atom is 0.228 e. The highest BCUT2D eigenvalue weighted by molar-refractivity contribution is 5.93. The number of hydrogen-bond acceptors (Lipinski definition) is 6. The number of morpholine rings is 1. The van der Waals surface area contributed by atoms with Crippen molar-refractivity contribution in [2.75, 3.05) is 25.5 Å². The minimum absolute atomic E-state index is 0.0104. The van der Waals surface area contributed by atoms with Gasteiger partial charge in [0.15, 0.2) is 5.82 Å². The molecule has 8 nitrogen and oxygen atoms in total. The Morgan fingerprint density at radius 1 is 1.29 bits per heavy atom. The van der Waals surface area contributed by atoms with Crippen molar-refractivity contribution in [1.82, 2.24) is 19.5 Å². The number of nitrogens with one attached hydrogen (secondary N) is 1. The molecule has 2 saturated heterocycles. The Kier molecular flexibility index (Phi) is 4.26. The van der Waals surface area contributed by atoms with Gasteiger partial charge in [-0.3, -0.25) is 14.7 Å². The van der Waals surface area contributed by atoms with Gasteiger partial charge in [-0.25, -0.2) is 4.52 Å². The molecule has 2 bridgehead atoms. The molecule has 5 heterocycles. The Hall–Kier alpha value is -2.97. The molecule has 0 unspecified atom stereocenters. The maximum atomic E-state index is 12.1. The average molecular weight is 419 g/mol.